The molecule has 3 nitrogen and oxygen atoms in total. The topological polar surface area (TPSA) is 38.7 Å². The first-order valence-corrected chi connectivity index (χ1v) is 19.6. The first kappa shape index (κ1) is 34.3. The predicted molar refractivity (Wildman–Crippen MR) is 236 cm³/mol. The summed E-state index contributed by atoms with van der Waals surface area (Å²) in [4.78, 5) is 15.2. The molecule has 0 aliphatic rings. The first-order chi connectivity index (χ1) is 28.1. The van der Waals surface area contributed by atoms with Crippen LogP contribution in [-0.2, 0) is 19.3 Å². The van der Waals surface area contributed by atoms with Gasteiger partial charge in [0.25, 0.3) is 0 Å². The van der Waals surface area contributed by atoms with Gasteiger partial charge in [0, 0.05) is 16.7 Å². The average Bonchev–Trinajstić information content (AvgIpc) is 3.27. The van der Waals surface area contributed by atoms with E-state index in [1.165, 1.54) is 65.7 Å². The van der Waals surface area contributed by atoms with Gasteiger partial charge in [-0.2, -0.15) is 0 Å². The SMILES string of the molecule is c1ccc2cc(Cc3ccc(-c4nc(-c5ccc(Cc6ccc7ccccc7c6)cc5)nc(-c5ccc(Cc6ccc7ccccc7c6)cc5)n4)cc3)ccc2c1. The molecule has 1 heterocycles. The van der Waals surface area contributed by atoms with Crippen LogP contribution in [-0.4, -0.2) is 15.0 Å². The smallest absolute Gasteiger partial charge is 0.164 e. The average molecular weight is 730 g/mol. The van der Waals surface area contributed by atoms with E-state index in [-0.39, 0.29) is 0 Å². The second-order valence-electron chi connectivity index (χ2n) is 15.0. The number of hydrogen-bond donors (Lipinski definition) is 0. The van der Waals surface area contributed by atoms with Crippen LogP contribution in [0.5, 0.6) is 0 Å². The summed E-state index contributed by atoms with van der Waals surface area (Å²) in [5.74, 6) is 1.98. The van der Waals surface area contributed by atoms with Crippen molar-refractivity contribution in [1.82, 2.24) is 15.0 Å². The van der Waals surface area contributed by atoms with Gasteiger partial charge in [0.2, 0.25) is 0 Å². The molecule has 0 bridgehead atoms. The van der Waals surface area contributed by atoms with Crippen molar-refractivity contribution in [2.45, 2.75) is 19.3 Å². The fraction of sp³-hybridized carbons (Fsp3) is 0.0556. The maximum absolute atomic E-state index is 5.07. The van der Waals surface area contributed by atoms with Crippen molar-refractivity contribution in [1.29, 1.82) is 0 Å². The van der Waals surface area contributed by atoms with E-state index in [0.717, 1.165) is 36.0 Å². The summed E-state index contributed by atoms with van der Waals surface area (Å²) in [6.45, 7) is 0. The van der Waals surface area contributed by atoms with Crippen LogP contribution >= 0.6 is 0 Å². The largest absolute Gasteiger partial charge is 0.208 e. The van der Waals surface area contributed by atoms with E-state index in [0.29, 0.717) is 17.5 Å². The van der Waals surface area contributed by atoms with Gasteiger partial charge in [-0.1, -0.05) is 200 Å². The van der Waals surface area contributed by atoms with Crippen LogP contribution in [0.2, 0.25) is 0 Å². The van der Waals surface area contributed by atoms with Gasteiger partial charge in [-0.3, -0.25) is 0 Å². The summed E-state index contributed by atoms with van der Waals surface area (Å²) >= 11 is 0. The minimum Gasteiger partial charge on any atom is -0.208 e. The molecule has 0 saturated heterocycles. The lowest BCUT2D eigenvalue weighted by atomic mass is 10.00. The van der Waals surface area contributed by atoms with Gasteiger partial charge in [0.1, 0.15) is 0 Å². The van der Waals surface area contributed by atoms with Crippen molar-refractivity contribution in [3.05, 3.63) is 234 Å². The Balaban J connectivity index is 0.948. The lowest BCUT2D eigenvalue weighted by molar-refractivity contribution is 1.07. The standard InChI is InChI=1S/C54H39N3/c1-4-10-49-34-40(19-22-43(49)7-1)31-37-13-25-46(26-14-37)52-55-53(47-27-15-38(16-28-47)32-41-20-23-44-8-2-5-11-50(44)35-41)57-54(56-52)48-29-17-39(18-30-48)33-42-21-24-45-9-3-6-12-51(45)36-42/h1-30,34-36H,31-33H2. The second kappa shape index (κ2) is 15.1. The third-order valence-corrected chi connectivity index (χ3v) is 10.9. The number of nitrogens with zero attached hydrogens (tertiary/aromatic N) is 3. The van der Waals surface area contributed by atoms with E-state index in [1.807, 2.05) is 0 Å². The molecular formula is C54H39N3. The Kier molecular flexibility index (Phi) is 9.10. The highest BCUT2D eigenvalue weighted by atomic mass is 15.0. The number of hydrogen-bond acceptors (Lipinski definition) is 3. The van der Waals surface area contributed by atoms with Crippen molar-refractivity contribution in [3.8, 4) is 34.2 Å². The van der Waals surface area contributed by atoms with Crippen molar-refractivity contribution in [2.24, 2.45) is 0 Å². The number of rotatable bonds is 9. The number of aromatic nitrogens is 3. The molecule has 270 valence electrons. The minimum atomic E-state index is 0.660. The zero-order chi connectivity index (χ0) is 38.0. The van der Waals surface area contributed by atoms with Crippen LogP contribution in [0.4, 0.5) is 0 Å². The summed E-state index contributed by atoms with van der Waals surface area (Å²) in [6.07, 6.45) is 2.57. The molecule has 57 heavy (non-hydrogen) atoms. The third-order valence-electron chi connectivity index (χ3n) is 10.9. The van der Waals surface area contributed by atoms with Gasteiger partial charge in [-0.05, 0) is 85.0 Å². The third kappa shape index (κ3) is 7.56. The van der Waals surface area contributed by atoms with Crippen LogP contribution in [0.25, 0.3) is 66.5 Å². The highest BCUT2D eigenvalue weighted by Crippen LogP contribution is 2.28. The van der Waals surface area contributed by atoms with E-state index < -0.39 is 0 Å². The molecule has 0 amide bonds. The van der Waals surface area contributed by atoms with Gasteiger partial charge < -0.3 is 0 Å². The summed E-state index contributed by atoms with van der Waals surface area (Å²) in [5.41, 5.74) is 10.5. The fourth-order valence-electron chi connectivity index (χ4n) is 7.83. The van der Waals surface area contributed by atoms with E-state index in [9.17, 15) is 0 Å². The van der Waals surface area contributed by atoms with Crippen LogP contribution in [0.3, 0.4) is 0 Å². The number of fused-ring (bicyclic) bond motifs is 3. The summed E-state index contributed by atoms with van der Waals surface area (Å²) in [5, 5.41) is 7.58. The Morgan fingerprint density at radius 2 is 0.474 bits per heavy atom. The van der Waals surface area contributed by atoms with Gasteiger partial charge in [-0.25, -0.2) is 15.0 Å². The maximum Gasteiger partial charge on any atom is 0.164 e. The van der Waals surface area contributed by atoms with Crippen molar-refractivity contribution in [3.63, 3.8) is 0 Å². The molecule has 9 aromatic carbocycles. The Bertz CT molecular complexity index is 2680. The van der Waals surface area contributed by atoms with Crippen molar-refractivity contribution in [2.75, 3.05) is 0 Å². The molecule has 0 fully saturated rings. The molecular weight excluding hydrogens is 691 g/mol. The van der Waals surface area contributed by atoms with E-state index in [1.54, 1.807) is 0 Å². The maximum atomic E-state index is 5.07. The molecule has 1 aromatic heterocycles. The fourth-order valence-corrected chi connectivity index (χ4v) is 7.83. The van der Waals surface area contributed by atoms with Crippen LogP contribution in [0, 0.1) is 0 Å². The Morgan fingerprint density at radius 3 is 0.754 bits per heavy atom. The molecule has 3 heteroatoms. The zero-order valence-electron chi connectivity index (χ0n) is 31.5. The highest BCUT2D eigenvalue weighted by molar-refractivity contribution is 5.84. The molecule has 0 aliphatic heterocycles. The monoisotopic (exact) mass is 729 g/mol. The molecule has 0 spiro atoms. The molecule has 0 atom stereocenters. The Morgan fingerprint density at radius 1 is 0.228 bits per heavy atom. The van der Waals surface area contributed by atoms with Crippen LogP contribution in [0.15, 0.2) is 200 Å². The normalized spacial score (nSPS) is 11.4. The minimum absolute atomic E-state index is 0.660. The Labute approximate surface area is 333 Å². The van der Waals surface area contributed by atoms with Crippen molar-refractivity contribution < 1.29 is 0 Å². The van der Waals surface area contributed by atoms with E-state index in [4.69, 9.17) is 15.0 Å². The molecule has 0 unspecified atom stereocenters. The predicted octanol–water partition coefficient (Wildman–Crippen LogP) is 13.1. The molecule has 10 aromatic rings. The molecule has 0 aliphatic carbocycles. The van der Waals surface area contributed by atoms with Gasteiger partial charge in [0.05, 0.1) is 0 Å². The van der Waals surface area contributed by atoms with Gasteiger partial charge >= 0.3 is 0 Å². The van der Waals surface area contributed by atoms with Gasteiger partial charge in [0.15, 0.2) is 17.5 Å². The Hall–Kier alpha value is -7.23. The molecule has 0 N–H and O–H groups in total. The highest BCUT2D eigenvalue weighted by Gasteiger charge is 2.14. The molecule has 0 radical (unpaired) electrons. The summed E-state index contributed by atoms with van der Waals surface area (Å²) in [7, 11) is 0. The lowest BCUT2D eigenvalue weighted by Gasteiger charge is -2.11. The molecule has 0 saturated carbocycles. The zero-order valence-corrected chi connectivity index (χ0v) is 31.5. The van der Waals surface area contributed by atoms with Crippen molar-refractivity contribution >= 4 is 32.3 Å². The van der Waals surface area contributed by atoms with Crippen LogP contribution in [0.1, 0.15) is 33.4 Å². The quantitative estimate of drug-likeness (QED) is 0.148. The lowest BCUT2D eigenvalue weighted by Crippen LogP contribution is -2.01. The second-order valence-corrected chi connectivity index (χ2v) is 15.0. The molecule has 10 rings (SSSR count). The summed E-state index contributed by atoms with van der Waals surface area (Å²) < 4.78 is 0. The summed E-state index contributed by atoms with van der Waals surface area (Å²) in [6, 6.07) is 71.7. The van der Waals surface area contributed by atoms with Gasteiger partial charge in [-0.15, -0.1) is 0 Å². The first-order valence-electron chi connectivity index (χ1n) is 19.6. The van der Waals surface area contributed by atoms with E-state index >= 15 is 0 Å². The van der Waals surface area contributed by atoms with Crippen LogP contribution < -0.4 is 0 Å². The van der Waals surface area contributed by atoms with E-state index in [2.05, 4.69) is 200 Å². The number of benzene rings is 9.